The first kappa shape index (κ1) is 24.9. The zero-order chi connectivity index (χ0) is 24.6. The van der Waals surface area contributed by atoms with Crippen LogP contribution in [0.2, 0.25) is 4.71 Å². The summed E-state index contributed by atoms with van der Waals surface area (Å²) in [6, 6.07) is 26.7. The Labute approximate surface area is 214 Å². The van der Waals surface area contributed by atoms with Crippen molar-refractivity contribution in [3.8, 4) is 0 Å². The Kier molecular flexibility index (Phi) is 8.48. The van der Waals surface area contributed by atoms with E-state index in [0.717, 1.165) is 21.2 Å². The summed E-state index contributed by atoms with van der Waals surface area (Å²) < 4.78 is 0.602. The van der Waals surface area contributed by atoms with E-state index in [0.29, 0.717) is 29.8 Å². The van der Waals surface area contributed by atoms with E-state index >= 15 is 0 Å². The molecule has 4 rings (SSSR count). The number of fused-ring (bicyclic) bond motifs is 1. The second kappa shape index (κ2) is 11.9. The summed E-state index contributed by atoms with van der Waals surface area (Å²) in [5, 5.41) is 12.6. The van der Waals surface area contributed by atoms with Gasteiger partial charge in [-0.3, -0.25) is 0 Å². The van der Waals surface area contributed by atoms with Gasteiger partial charge in [0.2, 0.25) is 0 Å². The molecule has 3 N–H and O–H groups in total. The summed E-state index contributed by atoms with van der Waals surface area (Å²) in [5.74, 6) is -0.748. The van der Waals surface area contributed by atoms with Crippen LogP contribution in [0.4, 0.5) is 5.69 Å². The van der Waals surface area contributed by atoms with Crippen LogP contribution in [0, 0.1) is 0 Å². The molecule has 0 aliphatic carbocycles. The molecule has 1 unspecified atom stereocenters. The van der Waals surface area contributed by atoms with Crippen molar-refractivity contribution in [2.75, 3.05) is 5.32 Å². The molecule has 4 aromatic rings. The number of carbonyl (C=O) groups is 3. The van der Waals surface area contributed by atoms with Gasteiger partial charge < -0.3 is 0 Å². The Bertz CT molecular complexity index is 1330. The zero-order valence-corrected chi connectivity index (χ0v) is 21.5. The molecule has 1 atom stereocenters. The van der Waals surface area contributed by atoms with E-state index in [9.17, 15) is 14.4 Å². The molecule has 0 aliphatic rings. The molecule has 1 radical (unpaired) electrons. The first-order valence-electron chi connectivity index (χ1n) is 11.1. The summed E-state index contributed by atoms with van der Waals surface area (Å²) in [6.07, 6.45) is 1.61. The molecule has 8 heteroatoms. The number of amides is 2. The standard InChI is InChI=1S/C27H24AsN2O4S/c31-25(14-11-18-7-3-1-4-8-18)28-22(15-19-9-5-2-6-10-19)26(32)29-21-12-13-23-20(16-21)17-24(35-23)27(33)30-34/h1-10,12-13,16-17,22,34H,11,14-15H2,(H,29,32)(H,30,33). The molecule has 0 spiro atoms. The number of benzene rings is 3. The number of anilines is 1. The number of nitrogens with one attached hydrogen (secondary N) is 2. The maximum absolute atomic E-state index is 13.3. The number of aryl methyl sites for hydroxylation is 1. The number of hydroxylamine groups is 1. The van der Waals surface area contributed by atoms with Crippen molar-refractivity contribution in [2.24, 2.45) is 0 Å². The van der Waals surface area contributed by atoms with Gasteiger partial charge in [0.15, 0.2) is 0 Å². The third kappa shape index (κ3) is 6.89. The Morgan fingerprint density at radius 3 is 2.26 bits per heavy atom. The van der Waals surface area contributed by atoms with Gasteiger partial charge >= 0.3 is 215 Å². The van der Waals surface area contributed by atoms with E-state index in [4.69, 9.17) is 5.21 Å². The molecule has 2 amide bonds. The van der Waals surface area contributed by atoms with E-state index in [2.05, 4.69) is 5.32 Å². The van der Waals surface area contributed by atoms with E-state index in [1.807, 2.05) is 66.7 Å². The predicted molar refractivity (Wildman–Crippen MR) is 139 cm³/mol. The fraction of sp³-hybridized carbons (Fsp3) is 0.148. The van der Waals surface area contributed by atoms with Gasteiger partial charge in [0.05, 0.1) is 0 Å². The SMILES string of the molecule is O=C(CCc1ccccc1)[As]C(Cc1ccccc1)C(=O)Nc1ccc2sc(C(=O)NO)cc2c1. The summed E-state index contributed by atoms with van der Waals surface area (Å²) in [6.45, 7) is 0. The normalized spacial score (nSPS) is 12.0. The van der Waals surface area contributed by atoms with Crippen LogP contribution in [0.5, 0.6) is 0 Å². The minimum atomic E-state index is -0.861. The summed E-state index contributed by atoms with van der Waals surface area (Å²) in [7, 11) is 0. The Morgan fingerprint density at radius 1 is 0.886 bits per heavy atom. The predicted octanol–water partition coefficient (Wildman–Crippen LogP) is 4.85. The summed E-state index contributed by atoms with van der Waals surface area (Å²) >= 11 is 0.392. The van der Waals surface area contributed by atoms with Gasteiger partial charge in [0.1, 0.15) is 0 Å². The molecule has 1 aromatic heterocycles. The number of hydrogen-bond acceptors (Lipinski definition) is 5. The third-order valence-corrected chi connectivity index (χ3v) is 9.17. The van der Waals surface area contributed by atoms with Crippen LogP contribution in [0.15, 0.2) is 84.9 Å². The first-order chi connectivity index (χ1) is 17.0. The van der Waals surface area contributed by atoms with Crippen LogP contribution in [0.25, 0.3) is 10.1 Å². The molecule has 0 saturated heterocycles. The Morgan fingerprint density at radius 2 is 1.57 bits per heavy atom. The van der Waals surface area contributed by atoms with Crippen LogP contribution >= 0.6 is 11.3 Å². The number of hydrogen-bond donors (Lipinski definition) is 3. The molecular weight excluding hydrogens is 523 g/mol. The average molecular weight is 547 g/mol. The van der Waals surface area contributed by atoms with Gasteiger partial charge in [0, 0.05) is 0 Å². The Balaban J connectivity index is 1.47. The molecule has 0 fully saturated rings. The zero-order valence-electron chi connectivity index (χ0n) is 18.8. The average Bonchev–Trinajstić information content (AvgIpc) is 3.31. The third-order valence-electron chi connectivity index (χ3n) is 5.45. The van der Waals surface area contributed by atoms with Crippen LogP contribution < -0.4 is 10.8 Å². The Hall–Kier alpha value is -3.25. The van der Waals surface area contributed by atoms with Gasteiger partial charge in [-0.05, 0) is 0 Å². The fourth-order valence-electron chi connectivity index (χ4n) is 3.68. The minimum absolute atomic E-state index is 0.147. The second-order valence-corrected chi connectivity index (χ2v) is 12.0. The van der Waals surface area contributed by atoms with Crippen molar-refractivity contribution in [1.29, 1.82) is 0 Å². The summed E-state index contributed by atoms with van der Waals surface area (Å²) in [4.78, 5) is 38.2. The number of carbonyl (C=O) groups excluding carboxylic acids is 3. The van der Waals surface area contributed by atoms with Gasteiger partial charge in [0.25, 0.3) is 0 Å². The van der Waals surface area contributed by atoms with Crippen molar-refractivity contribution in [3.05, 3.63) is 101 Å². The molecule has 6 nitrogen and oxygen atoms in total. The second-order valence-electron chi connectivity index (χ2n) is 8.01. The molecular formula is C27H24AsN2O4S. The topological polar surface area (TPSA) is 95.5 Å². The van der Waals surface area contributed by atoms with Gasteiger partial charge in [-0.2, -0.15) is 0 Å². The van der Waals surface area contributed by atoms with E-state index in [1.165, 1.54) is 11.3 Å². The van der Waals surface area contributed by atoms with Gasteiger partial charge in [-0.1, -0.05) is 0 Å². The molecule has 0 aliphatic heterocycles. The van der Waals surface area contributed by atoms with Crippen molar-refractivity contribution in [2.45, 2.75) is 24.0 Å². The fourth-order valence-corrected chi connectivity index (χ4v) is 6.87. The molecule has 0 bridgehead atoms. The quantitative estimate of drug-likeness (QED) is 0.150. The maximum atomic E-state index is 13.3. The van der Waals surface area contributed by atoms with Crippen LogP contribution in [0.3, 0.4) is 0 Å². The van der Waals surface area contributed by atoms with Crippen LogP contribution in [0.1, 0.15) is 27.2 Å². The molecule has 1 heterocycles. The number of rotatable bonds is 10. The van der Waals surface area contributed by atoms with E-state index < -0.39 is 26.4 Å². The van der Waals surface area contributed by atoms with Crippen LogP contribution in [-0.4, -0.2) is 37.3 Å². The van der Waals surface area contributed by atoms with Crippen LogP contribution in [-0.2, 0) is 22.4 Å². The molecule has 177 valence electrons. The van der Waals surface area contributed by atoms with E-state index in [-0.39, 0.29) is 10.5 Å². The summed E-state index contributed by atoms with van der Waals surface area (Å²) in [5.41, 5.74) is 4.38. The molecule has 0 saturated carbocycles. The van der Waals surface area contributed by atoms with E-state index in [1.54, 1.807) is 23.7 Å². The molecule has 3 aromatic carbocycles. The van der Waals surface area contributed by atoms with Crippen molar-refractivity contribution in [1.82, 2.24) is 5.48 Å². The first-order valence-corrected chi connectivity index (χ1v) is 14.0. The monoisotopic (exact) mass is 547 g/mol. The van der Waals surface area contributed by atoms with Crippen molar-refractivity contribution < 1.29 is 19.6 Å². The van der Waals surface area contributed by atoms with Gasteiger partial charge in [-0.15, -0.1) is 0 Å². The number of thiophene rings is 1. The molecule has 35 heavy (non-hydrogen) atoms. The van der Waals surface area contributed by atoms with Gasteiger partial charge in [-0.25, -0.2) is 0 Å². The van der Waals surface area contributed by atoms with Crippen molar-refractivity contribution in [3.63, 3.8) is 0 Å². The van der Waals surface area contributed by atoms with Crippen molar-refractivity contribution >= 4 is 59.2 Å².